The molecule has 0 fully saturated rings. The molecule has 0 aliphatic heterocycles. The van der Waals surface area contributed by atoms with Crippen molar-refractivity contribution < 1.29 is 9.13 Å². The molecule has 2 rings (SSSR count). The van der Waals surface area contributed by atoms with Crippen LogP contribution in [0.3, 0.4) is 0 Å². The van der Waals surface area contributed by atoms with E-state index in [-0.39, 0.29) is 18.0 Å². The van der Waals surface area contributed by atoms with Crippen LogP contribution in [0.5, 0.6) is 5.75 Å². The van der Waals surface area contributed by atoms with Crippen LogP contribution in [0.15, 0.2) is 48.5 Å². The number of benzene rings is 2. The van der Waals surface area contributed by atoms with Gasteiger partial charge in [0, 0.05) is 6.04 Å². The quantitative estimate of drug-likeness (QED) is 0.780. The van der Waals surface area contributed by atoms with Crippen LogP contribution in [-0.2, 0) is 0 Å². The molecule has 4 heteroatoms. The highest BCUT2D eigenvalue weighted by atomic mass is 127. The highest BCUT2D eigenvalue weighted by Gasteiger charge is 2.21. The van der Waals surface area contributed by atoms with E-state index in [1.165, 1.54) is 12.1 Å². The molecule has 0 heterocycles. The van der Waals surface area contributed by atoms with Crippen LogP contribution in [0.2, 0.25) is 0 Å². The summed E-state index contributed by atoms with van der Waals surface area (Å²) in [6.45, 7) is 2.01. The molecule has 0 aliphatic carbocycles. The Morgan fingerprint density at radius 2 is 1.80 bits per heavy atom. The van der Waals surface area contributed by atoms with Gasteiger partial charge < -0.3 is 10.5 Å². The molecule has 2 unspecified atom stereocenters. The lowest BCUT2D eigenvalue weighted by atomic mass is 10.0. The normalized spacial score (nSPS) is 13.8. The summed E-state index contributed by atoms with van der Waals surface area (Å²) >= 11 is 2.23. The van der Waals surface area contributed by atoms with Gasteiger partial charge in [-0.2, -0.15) is 0 Å². The van der Waals surface area contributed by atoms with Crippen molar-refractivity contribution in [2.24, 2.45) is 5.73 Å². The largest absolute Gasteiger partial charge is 0.483 e. The maximum atomic E-state index is 13.1. The lowest BCUT2D eigenvalue weighted by Crippen LogP contribution is -2.31. The van der Waals surface area contributed by atoms with Crippen LogP contribution < -0.4 is 10.5 Å². The van der Waals surface area contributed by atoms with Crippen LogP contribution in [-0.4, -0.2) is 6.04 Å². The first-order valence-electron chi connectivity index (χ1n) is 6.54. The van der Waals surface area contributed by atoms with Gasteiger partial charge in [0.05, 0.1) is 3.57 Å². The standard InChI is InChI=1S/C16H17FINO/c1-2-14(19)16(11-7-9-12(17)10-8-11)20-15-6-4-3-5-13(15)18/h3-10,14,16H,2,19H2,1H3. The first-order valence-corrected chi connectivity index (χ1v) is 7.62. The monoisotopic (exact) mass is 385 g/mol. The summed E-state index contributed by atoms with van der Waals surface area (Å²) in [6, 6.07) is 14.0. The molecule has 0 saturated carbocycles. The van der Waals surface area contributed by atoms with E-state index >= 15 is 0 Å². The van der Waals surface area contributed by atoms with E-state index in [0.29, 0.717) is 0 Å². The summed E-state index contributed by atoms with van der Waals surface area (Å²) < 4.78 is 20.1. The van der Waals surface area contributed by atoms with Gasteiger partial charge in [-0.1, -0.05) is 31.2 Å². The van der Waals surface area contributed by atoms with E-state index in [9.17, 15) is 4.39 Å². The fourth-order valence-corrected chi connectivity index (χ4v) is 2.46. The van der Waals surface area contributed by atoms with Gasteiger partial charge in [0.15, 0.2) is 0 Å². The average molecular weight is 385 g/mol. The summed E-state index contributed by atoms with van der Waals surface area (Å²) in [4.78, 5) is 0. The molecule has 2 atom stereocenters. The number of hydrogen-bond acceptors (Lipinski definition) is 2. The molecule has 0 amide bonds. The summed E-state index contributed by atoms with van der Waals surface area (Å²) in [5.41, 5.74) is 7.05. The second-order valence-electron chi connectivity index (χ2n) is 4.59. The third-order valence-corrected chi connectivity index (χ3v) is 4.04. The Balaban J connectivity index is 2.29. The fourth-order valence-electron chi connectivity index (χ4n) is 1.95. The number of nitrogens with two attached hydrogens (primary N) is 1. The zero-order chi connectivity index (χ0) is 14.5. The van der Waals surface area contributed by atoms with E-state index < -0.39 is 0 Å². The second-order valence-corrected chi connectivity index (χ2v) is 5.75. The van der Waals surface area contributed by atoms with Gasteiger partial charge in [-0.15, -0.1) is 0 Å². The van der Waals surface area contributed by atoms with E-state index in [1.54, 1.807) is 12.1 Å². The third-order valence-electron chi connectivity index (χ3n) is 3.15. The average Bonchev–Trinajstić information content (AvgIpc) is 2.47. The molecule has 106 valence electrons. The molecule has 2 nitrogen and oxygen atoms in total. The maximum absolute atomic E-state index is 13.1. The molecule has 0 spiro atoms. The van der Waals surface area contributed by atoms with E-state index in [4.69, 9.17) is 10.5 Å². The van der Waals surface area contributed by atoms with Gasteiger partial charge in [-0.3, -0.25) is 0 Å². The molecule has 20 heavy (non-hydrogen) atoms. The highest BCUT2D eigenvalue weighted by molar-refractivity contribution is 14.1. The molecule has 2 aromatic carbocycles. The van der Waals surface area contributed by atoms with Gasteiger partial charge >= 0.3 is 0 Å². The Hall–Kier alpha value is -1.14. The van der Waals surface area contributed by atoms with Crippen molar-refractivity contribution in [2.45, 2.75) is 25.5 Å². The summed E-state index contributed by atoms with van der Waals surface area (Å²) in [5, 5.41) is 0. The van der Waals surface area contributed by atoms with Crippen LogP contribution in [0, 0.1) is 9.39 Å². The molecule has 0 radical (unpaired) electrons. The molecular formula is C16H17FINO. The minimum atomic E-state index is -0.281. The number of rotatable bonds is 5. The molecule has 2 aromatic rings. The van der Waals surface area contributed by atoms with Crippen LogP contribution in [0.4, 0.5) is 4.39 Å². The van der Waals surface area contributed by atoms with Gasteiger partial charge in [0.2, 0.25) is 0 Å². The van der Waals surface area contributed by atoms with E-state index in [2.05, 4.69) is 22.6 Å². The number of ether oxygens (including phenoxy) is 1. The predicted octanol–water partition coefficient (Wildman–Crippen LogP) is 4.29. The van der Waals surface area contributed by atoms with Crippen molar-refractivity contribution in [1.82, 2.24) is 0 Å². The van der Waals surface area contributed by atoms with Gasteiger partial charge in [0.1, 0.15) is 17.7 Å². The van der Waals surface area contributed by atoms with Crippen molar-refractivity contribution in [3.63, 3.8) is 0 Å². The van der Waals surface area contributed by atoms with Crippen molar-refractivity contribution in [2.75, 3.05) is 0 Å². The number of hydrogen-bond donors (Lipinski definition) is 1. The Bertz CT molecular complexity index is 559. The SMILES string of the molecule is CCC(N)C(Oc1ccccc1I)c1ccc(F)cc1. The minimum Gasteiger partial charge on any atom is -0.483 e. The fraction of sp³-hybridized carbons (Fsp3) is 0.250. The predicted molar refractivity (Wildman–Crippen MR) is 87.2 cm³/mol. The molecule has 0 bridgehead atoms. The van der Waals surface area contributed by atoms with E-state index in [1.807, 2.05) is 31.2 Å². The van der Waals surface area contributed by atoms with Crippen molar-refractivity contribution >= 4 is 22.6 Å². The zero-order valence-electron chi connectivity index (χ0n) is 11.2. The Morgan fingerprint density at radius 1 is 1.15 bits per heavy atom. The summed E-state index contributed by atoms with van der Waals surface area (Å²) in [7, 11) is 0. The molecule has 0 aromatic heterocycles. The van der Waals surface area contributed by atoms with Gasteiger partial charge in [0.25, 0.3) is 0 Å². The van der Waals surface area contributed by atoms with Crippen molar-refractivity contribution in [1.29, 1.82) is 0 Å². The smallest absolute Gasteiger partial charge is 0.139 e. The van der Waals surface area contributed by atoms with Crippen LogP contribution >= 0.6 is 22.6 Å². The van der Waals surface area contributed by atoms with Crippen molar-refractivity contribution in [3.8, 4) is 5.75 Å². The van der Waals surface area contributed by atoms with Crippen LogP contribution in [0.1, 0.15) is 25.0 Å². The molecule has 0 aliphatic rings. The Labute approximate surface area is 132 Å². The molecular weight excluding hydrogens is 368 g/mol. The Morgan fingerprint density at radius 3 is 2.40 bits per heavy atom. The number of halogens is 2. The topological polar surface area (TPSA) is 35.2 Å². The third kappa shape index (κ3) is 3.70. The van der Waals surface area contributed by atoms with Gasteiger partial charge in [-0.25, -0.2) is 4.39 Å². The van der Waals surface area contributed by atoms with Crippen molar-refractivity contribution in [3.05, 3.63) is 63.5 Å². The minimum absolute atomic E-state index is 0.142. The second kappa shape index (κ2) is 7.04. The van der Waals surface area contributed by atoms with E-state index in [0.717, 1.165) is 21.3 Å². The first-order chi connectivity index (χ1) is 9.61. The first kappa shape index (κ1) is 15.3. The highest BCUT2D eigenvalue weighted by Crippen LogP contribution is 2.29. The lowest BCUT2D eigenvalue weighted by Gasteiger charge is -2.25. The maximum Gasteiger partial charge on any atom is 0.139 e. The van der Waals surface area contributed by atoms with Gasteiger partial charge in [-0.05, 0) is 58.8 Å². The molecule has 2 N–H and O–H groups in total. The lowest BCUT2D eigenvalue weighted by molar-refractivity contribution is 0.169. The van der Waals surface area contributed by atoms with Crippen LogP contribution in [0.25, 0.3) is 0 Å². The summed E-state index contributed by atoms with van der Waals surface area (Å²) in [5.74, 6) is 0.540. The zero-order valence-corrected chi connectivity index (χ0v) is 13.4. The Kier molecular flexibility index (Phi) is 5.37. The summed E-state index contributed by atoms with van der Waals surface area (Å²) in [6.07, 6.45) is 0.502. The molecule has 0 saturated heterocycles. The number of para-hydroxylation sites is 1.